The molecule has 1 aliphatic heterocycles. The molecule has 4 heteroatoms. The van der Waals surface area contributed by atoms with Crippen LogP contribution in [0.2, 0.25) is 0 Å². The van der Waals surface area contributed by atoms with Gasteiger partial charge in [-0.2, -0.15) is 0 Å². The third-order valence-electron chi connectivity index (χ3n) is 2.58. The molecule has 1 aromatic rings. The van der Waals surface area contributed by atoms with Crippen LogP contribution >= 0.6 is 33.9 Å². The number of thiophene rings is 1. The van der Waals surface area contributed by atoms with Crippen molar-refractivity contribution in [2.75, 3.05) is 0 Å². The molecular weight excluding hydrogens is 309 g/mol. The van der Waals surface area contributed by atoms with E-state index >= 15 is 0 Å². The van der Waals surface area contributed by atoms with Crippen LogP contribution in [-0.2, 0) is 0 Å². The average molecular weight is 321 g/mol. The van der Waals surface area contributed by atoms with Crippen molar-refractivity contribution in [3.63, 3.8) is 0 Å². The van der Waals surface area contributed by atoms with Crippen LogP contribution in [0.5, 0.6) is 5.75 Å². The third-order valence-corrected chi connectivity index (χ3v) is 4.49. The van der Waals surface area contributed by atoms with Gasteiger partial charge in [0, 0.05) is 6.07 Å². The Morgan fingerprint density at radius 2 is 2.14 bits per heavy atom. The Morgan fingerprint density at radius 3 is 2.79 bits per heavy atom. The fourth-order valence-corrected chi connectivity index (χ4v) is 3.22. The largest absolute Gasteiger partial charge is 0.482 e. The minimum atomic E-state index is -0.277. The molecule has 0 aliphatic carbocycles. The van der Waals surface area contributed by atoms with Crippen LogP contribution in [0.15, 0.2) is 11.6 Å². The van der Waals surface area contributed by atoms with Gasteiger partial charge in [0.05, 0.1) is 13.5 Å². The molecule has 0 fully saturated rings. The zero-order valence-electron chi connectivity index (χ0n) is 8.35. The highest BCUT2D eigenvalue weighted by Crippen LogP contribution is 2.43. The summed E-state index contributed by atoms with van der Waals surface area (Å²) in [5.74, 6) is 0.924. The lowest BCUT2D eigenvalue weighted by Gasteiger charge is -2.32. The van der Waals surface area contributed by atoms with Crippen molar-refractivity contribution >= 4 is 39.6 Å². The number of halogens is 1. The van der Waals surface area contributed by atoms with E-state index in [-0.39, 0.29) is 5.60 Å². The summed E-state index contributed by atoms with van der Waals surface area (Å²) in [4.78, 5) is 1.08. The maximum Gasteiger partial charge on any atom is 0.141 e. The predicted molar refractivity (Wildman–Crippen MR) is 68.5 cm³/mol. The number of ether oxygens (including phenoxy) is 1. The molecule has 0 aromatic carbocycles. The summed E-state index contributed by atoms with van der Waals surface area (Å²) in [5.41, 5.74) is 7.80. The van der Waals surface area contributed by atoms with Gasteiger partial charge in [-0.1, -0.05) is 0 Å². The highest BCUT2D eigenvalue weighted by atomic mass is 127. The lowest BCUT2D eigenvalue weighted by Crippen LogP contribution is -2.34. The number of fused-ring (bicyclic) bond motifs is 1. The first kappa shape index (κ1) is 10.3. The van der Waals surface area contributed by atoms with Crippen molar-refractivity contribution in [3.8, 4) is 5.75 Å². The van der Waals surface area contributed by atoms with Crippen LogP contribution in [0.1, 0.15) is 25.6 Å². The lowest BCUT2D eigenvalue weighted by atomic mass is 9.94. The van der Waals surface area contributed by atoms with Crippen LogP contribution in [0, 0.1) is 2.88 Å². The number of nitrogens with two attached hydrogens (primary N) is 1. The van der Waals surface area contributed by atoms with E-state index in [4.69, 9.17) is 10.5 Å². The Kier molecular flexibility index (Phi) is 2.30. The minimum Gasteiger partial charge on any atom is -0.482 e. The molecule has 0 atom stereocenters. The van der Waals surface area contributed by atoms with E-state index in [1.807, 2.05) is 26.8 Å². The van der Waals surface area contributed by atoms with E-state index in [1.54, 1.807) is 11.3 Å². The van der Waals surface area contributed by atoms with Crippen LogP contribution in [0.4, 0.5) is 0 Å². The van der Waals surface area contributed by atoms with Gasteiger partial charge in [-0.15, -0.1) is 11.3 Å². The molecule has 0 spiro atoms. The topological polar surface area (TPSA) is 35.2 Å². The standard InChI is InChI=1S/C10H12INOS/c1-5-8(12)9-6(4-7(11)14-9)13-10(5,2)3/h4H,12H2,1-3H3. The summed E-state index contributed by atoms with van der Waals surface area (Å²) in [6, 6.07) is 2.04. The van der Waals surface area contributed by atoms with E-state index in [1.165, 1.54) is 2.88 Å². The van der Waals surface area contributed by atoms with Gasteiger partial charge in [-0.25, -0.2) is 0 Å². The van der Waals surface area contributed by atoms with Crippen molar-refractivity contribution in [1.82, 2.24) is 0 Å². The fraction of sp³-hybridized carbons (Fsp3) is 0.400. The number of hydrogen-bond acceptors (Lipinski definition) is 3. The van der Waals surface area contributed by atoms with Gasteiger partial charge < -0.3 is 10.5 Å². The maximum absolute atomic E-state index is 6.09. The minimum absolute atomic E-state index is 0.277. The summed E-state index contributed by atoms with van der Waals surface area (Å²) >= 11 is 3.97. The molecule has 2 heterocycles. The first-order chi connectivity index (χ1) is 6.42. The molecule has 1 aromatic heterocycles. The number of rotatable bonds is 0. The van der Waals surface area contributed by atoms with Gasteiger partial charge in [0.15, 0.2) is 0 Å². The quantitative estimate of drug-likeness (QED) is 0.745. The second kappa shape index (κ2) is 3.13. The predicted octanol–water partition coefficient (Wildman–Crippen LogP) is 3.21. The zero-order chi connectivity index (χ0) is 10.5. The molecule has 0 radical (unpaired) electrons. The molecular formula is C10H12INOS. The summed E-state index contributed by atoms with van der Waals surface area (Å²) in [5, 5.41) is 0. The molecule has 0 unspecified atom stereocenters. The third kappa shape index (κ3) is 1.44. The van der Waals surface area contributed by atoms with Crippen LogP contribution in [0.3, 0.4) is 0 Å². The summed E-state index contributed by atoms with van der Waals surface area (Å²) < 4.78 is 7.10. The van der Waals surface area contributed by atoms with Crippen molar-refractivity contribution in [2.45, 2.75) is 26.4 Å². The Balaban J connectivity index is 2.62. The smallest absolute Gasteiger partial charge is 0.141 e. The van der Waals surface area contributed by atoms with Gasteiger partial charge in [-0.3, -0.25) is 0 Å². The highest BCUT2D eigenvalue weighted by molar-refractivity contribution is 14.1. The first-order valence-electron chi connectivity index (χ1n) is 4.37. The fourth-order valence-electron chi connectivity index (χ4n) is 1.46. The van der Waals surface area contributed by atoms with Crippen molar-refractivity contribution in [3.05, 3.63) is 19.4 Å². The summed E-state index contributed by atoms with van der Waals surface area (Å²) in [6.45, 7) is 6.12. The Hall–Kier alpha value is -0.230. The monoisotopic (exact) mass is 321 g/mol. The molecule has 0 bridgehead atoms. The van der Waals surface area contributed by atoms with E-state index in [9.17, 15) is 0 Å². The molecule has 0 saturated heterocycles. The molecule has 0 saturated carbocycles. The first-order valence-corrected chi connectivity index (χ1v) is 6.27. The lowest BCUT2D eigenvalue weighted by molar-refractivity contribution is 0.145. The molecule has 2 nitrogen and oxygen atoms in total. The molecule has 76 valence electrons. The van der Waals surface area contributed by atoms with E-state index < -0.39 is 0 Å². The zero-order valence-corrected chi connectivity index (χ0v) is 11.3. The van der Waals surface area contributed by atoms with Crippen molar-refractivity contribution < 1.29 is 4.74 Å². The van der Waals surface area contributed by atoms with Gasteiger partial charge in [0.1, 0.15) is 11.4 Å². The van der Waals surface area contributed by atoms with E-state index in [2.05, 4.69) is 22.6 Å². The Labute approximate surface area is 101 Å². The molecule has 14 heavy (non-hydrogen) atoms. The van der Waals surface area contributed by atoms with Crippen molar-refractivity contribution in [1.29, 1.82) is 0 Å². The maximum atomic E-state index is 6.09. The molecule has 2 N–H and O–H groups in total. The summed E-state index contributed by atoms with van der Waals surface area (Å²) in [6.07, 6.45) is 0. The Bertz CT molecular complexity index is 420. The highest BCUT2D eigenvalue weighted by Gasteiger charge is 2.32. The molecule has 1 aliphatic rings. The van der Waals surface area contributed by atoms with Gasteiger partial charge in [-0.05, 0) is 48.9 Å². The van der Waals surface area contributed by atoms with Gasteiger partial charge in [0.25, 0.3) is 0 Å². The van der Waals surface area contributed by atoms with Crippen LogP contribution in [0.25, 0.3) is 5.70 Å². The van der Waals surface area contributed by atoms with Gasteiger partial charge >= 0.3 is 0 Å². The van der Waals surface area contributed by atoms with E-state index in [0.29, 0.717) is 0 Å². The van der Waals surface area contributed by atoms with Crippen LogP contribution < -0.4 is 10.5 Å². The van der Waals surface area contributed by atoms with Crippen LogP contribution in [-0.4, -0.2) is 5.60 Å². The molecule has 2 rings (SSSR count). The van der Waals surface area contributed by atoms with E-state index in [0.717, 1.165) is 21.9 Å². The van der Waals surface area contributed by atoms with Crippen molar-refractivity contribution in [2.24, 2.45) is 5.73 Å². The number of hydrogen-bond donors (Lipinski definition) is 1. The average Bonchev–Trinajstić information content (AvgIpc) is 2.41. The second-order valence-electron chi connectivity index (χ2n) is 3.89. The second-order valence-corrected chi connectivity index (χ2v) is 6.84. The molecule has 0 amide bonds. The Morgan fingerprint density at radius 1 is 1.50 bits per heavy atom. The SMILES string of the molecule is CC1=C(N)c2sc(I)cc2OC1(C)C. The normalized spacial score (nSPS) is 19.1. The van der Waals surface area contributed by atoms with Gasteiger partial charge in [0.2, 0.25) is 0 Å². The summed E-state index contributed by atoms with van der Waals surface area (Å²) in [7, 11) is 0.